The lowest BCUT2D eigenvalue weighted by Crippen LogP contribution is -2.48. The number of hydrogen-bond donors (Lipinski definition) is 2. The quantitative estimate of drug-likeness (QED) is 0.623. The number of benzene rings is 2. The Morgan fingerprint density at radius 3 is 2.48 bits per heavy atom. The predicted octanol–water partition coefficient (Wildman–Crippen LogP) is 5.67. The molecular weight excluding hydrogens is 332 g/mol. The molecule has 1 atom stereocenters. The summed E-state index contributed by atoms with van der Waals surface area (Å²) in [6.07, 6.45) is 3.04. The van der Waals surface area contributed by atoms with Gasteiger partial charge in [-0.3, -0.25) is 0 Å². The Morgan fingerprint density at radius 2 is 1.81 bits per heavy atom. The van der Waals surface area contributed by atoms with Crippen molar-refractivity contribution in [3.63, 3.8) is 0 Å². The highest BCUT2D eigenvalue weighted by molar-refractivity contribution is 5.75. The van der Waals surface area contributed by atoms with Gasteiger partial charge in [-0.15, -0.1) is 0 Å². The van der Waals surface area contributed by atoms with Gasteiger partial charge in [0, 0.05) is 6.04 Å². The van der Waals surface area contributed by atoms with E-state index in [4.69, 9.17) is 0 Å². The minimum absolute atomic E-state index is 0.131. The Hall–Kier alpha value is -2.55. The summed E-state index contributed by atoms with van der Waals surface area (Å²) in [5, 5.41) is 6.16. The van der Waals surface area contributed by atoms with Gasteiger partial charge in [0.1, 0.15) is 0 Å². The molecule has 0 radical (unpaired) electrons. The Labute approximate surface area is 163 Å². The molecule has 0 saturated carbocycles. The van der Waals surface area contributed by atoms with E-state index in [1.165, 1.54) is 5.56 Å². The first kappa shape index (κ1) is 20.8. The van der Waals surface area contributed by atoms with Crippen molar-refractivity contribution in [2.24, 2.45) is 0 Å². The number of hydrogen-bond acceptors (Lipinski definition) is 1. The monoisotopic (exact) mass is 364 g/mol. The van der Waals surface area contributed by atoms with Crippen molar-refractivity contribution in [1.29, 1.82) is 0 Å². The third kappa shape index (κ3) is 6.59. The number of rotatable bonds is 8. The molecule has 0 fully saturated rings. The number of aryl methyl sites for hydroxylation is 1. The minimum atomic E-state index is -0.459. The maximum Gasteiger partial charge on any atom is 0.315 e. The van der Waals surface area contributed by atoms with Gasteiger partial charge in [-0.25, -0.2) is 4.79 Å². The van der Waals surface area contributed by atoms with Crippen LogP contribution in [0.5, 0.6) is 0 Å². The molecule has 2 N–H and O–H groups in total. The molecule has 0 aromatic heterocycles. The van der Waals surface area contributed by atoms with Crippen molar-refractivity contribution in [1.82, 2.24) is 10.6 Å². The first-order chi connectivity index (χ1) is 12.8. The van der Waals surface area contributed by atoms with Crippen LogP contribution < -0.4 is 10.6 Å². The average molecular weight is 365 g/mol. The van der Waals surface area contributed by atoms with Gasteiger partial charge >= 0.3 is 6.03 Å². The number of urea groups is 1. The number of carbonyl (C=O) groups excluding carboxylic acids is 1. The van der Waals surface area contributed by atoms with Crippen molar-refractivity contribution >= 4 is 11.6 Å². The molecule has 2 aromatic carbocycles. The summed E-state index contributed by atoms with van der Waals surface area (Å²) < 4.78 is 0. The molecule has 0 aliphatic rings. The minimum Gasteiger partial charge on any atom is -0.336 e. The maximum atomic E-state index is 12.5. The molecule has 144 valence electrons. The zero-order valence-corrected chi connectivity index (χ0v) is 17.0. The summed E-state index contributed by atoms with van der Waals surface area (Å²) in [6, 6.07) is 18.6. The van der Waals surface area contributed by atoms with Crippen molar-refractivity contribution in [2.45, 2.75) is 58.5 Å². The number of amides is 2. The van der Waals surface area contributed by atoms with E-state index in [0.29, 0.717) is 0 Å². The van der Waals surface area contributed by atoms with E-state index in [1.54, 1.807) is 0 Å². The number of carbonyl (C=O) groups is 1. The van der Waals surface area contributed by atoms with Crippen LogP contribution in [0.2, 0.25) is 0 Å². The van der Waals surface area contributed by atoms with Gasteiger partial charge in [-0.2, -0.15) is 0 Å². The molecule has 27 heavy (non-hydrogen) atoms. The van der Waals surface area contributed by atoms with Gasteiger partial charge in [0.15, 0.2) is 0 Å². The number of nitrogens with one attached hydrogen (secondary N) is 2. The molecule has 2 rings (SSSR count). The topological polar surface area (TPSA) is 41.1 Å². The third-order valence-electron chi connectivity index (χ3n) is 4.83. The van der Waals surface area contributed by atoms with E-state index in [1.807, 2.05) is 45.0 Å². The molecule has 0 heterocycles. The zero-order valence-electron chi connectivity index (χ0n) is 17.0. The highest BCUT2D eigenvalue weighted by Gasteiger charge is 2.23. The highest BCUT2D eigenvalue weighted by atomic mass is 16.2. The van der Waals surface area contributed by atoms with Crippen LogP contribution in [0.15, 0.2) is 61.2 Å². The van der Waals surface area contributed by atoms with Crippen LogP contribution in [0.25, 0.3) is 5.57 Å². The van der Waals surface area contributed by atoms with Gasteiger partial charge in [0.2, 0.25) is 0 Å². The van der Waals surface area contributed by atoms with Gasteiger partial charge in [0.05, 0.1) is 5.54 Å². The van der Waals surface area contributed by atoms with Gasteiger partial charge in [-0.1, -0.05) is 60.7 Å². The molecule has 0 aliphatic carbocycles. The molecular formula is C24H32N2O. The summed E-state index contributed by atoms with van der Waals surface area (Å²) in [5.74, 6) is 0. The standard InChI is InChI=1S/C24H32N2O/c1-18(2)21-15-10-16-22(17-21)24(4,5)26-23(27)25-19(3)11-9-14-20-12-7-6-8-13-20/h6-8,10,12-13,15-17,19H,1,9,11,14H2,2-5H3,(H2,25,26,27). The molecule has 2 amide bonds. The van der Waals surface area contributed by atoms with E-state index in [2.05, 4.69) is 54.5 Å². The zero-order chi connectivity index (χ0) is 19.9. The van der Waals surface area contributed by atoms with Gasteiger partial charge in [-0.05, 0) is 69.7 Å². The second-order valence-electron chi connectivity index (χ2n) is 7.86. The van der Waals surface area contributed by atoms with Gasteiger partial charge < -0.3 is 10.6 Å². The van der Waals surface area contributed by atoms with Crippen LogP contribution in [0.4, 0.5) is 4.79 Å². The molecule has 3 nitrogen and oxygen atoms in total. The van der Waals surface area contributed by atoms with Crippen LogP contribution in [0, 0.1) is 0 Å². The fourth-order valence-corrected chi connectivity index (χ4v) is 3.12. The van der Waals surface area contributed by atoms with Crippen molar-refractivity contribution in [2.75, 3.05) is 0 Å². The third-order valence-corrected chi connectivity index (χ3v) is 4.83. The maximum absolute atomic E-state index is 12.5. The van der Waals surface area contributed by atoms with Crippen LogP contribution in [-0.4, -0.2) is 12.1 Å². The Kier molecular flexibility index (Phi) is 7.23. The van der Waals surface area contributed by atoms with Gasteiger partial charge in [0.25, 0.3) is 0 Å². The molecule has 2 aromatic rings. The predicted molar refractivity (Wildman–Crippen MR) is 115 cm³/mol. The normalized spacial score (nSPS) is 12.3. The van der Waals surface area contributed by atoms with Crippen LogP contribution in [-0.2, 0) is 12.0 Å². The Bertz CT molecular complexity index is 765. The lowest BCUT2D eigenvalue weighted by molar-refractivity contribution is 0.226. The average Bonchev–Trinajstić information content (AvgIpc) is 2.62. The fraction of sp³-hybridized carbons (Fsp3) is 0.375. The molecule has 0 aliphatic heterocycles. The largest absolute Gasteiger partial charge is 0.336 e. The van der Waals surface area contributed by atoms with Crippen molar-refractivity contribution in [3.05, 3.63) is 77.9 Å². The van der Waals surface area contributed by atoms with Crippen LogP contribution in [0.1, 0.15) is 57.2 Å². The summed E-state index contributed by atoms with van der Waals surface area (Å²) >= 11 is 0. The van der Waals surface area contributed by atoms with E-state index < -0.39 is 5.54 Å². The Balaban J connectivity index is 1.84. The van der Waals surface area contributed by atoms with Crippen LogP contribution in [0.3, 0.4) is 0 Å². The molecule has 0 spiro atoms. The smallest absolute Gasteiger partial charge is 0.315 e. The molecule has 1 unspecified atom stereocenters. The summed E-state index contributed by atoms with van der Waals surface area (Å²) in [6.45, 7) is 12.1. The summed E-state index contributed by atoms with van der Waals surface area (Å²) in [7, 11) is 0. The molecule has 0 bridgehead atoms. The molecule has 3 heteroatoms. The van der Waals surface area contributed by atoms with Crippen molar-refractivity contribution in [3.8, 4) is 0 Å². The SMILES string of the molecule is C=C(C)c1cccc(C(C)(C)NC(=O)NC(C)CCCc2ccccc2)c1. The summed E-state index contributed by atoms with van der Waals surface area (Å²) in [4.78, 5) is 12.5. The lowest BCUT2D eigenvalue weighted by Gasteiger charge is -2.28. The first-order valence-electron chi connectivity index (χ1n) is 9.67. The second-order valence-corrected chi connectivity index (χ2v) is 7.86. The fourth-order valence-electron chi connectivity index (χ4n) is 3.12. The molecule has 0 saturated heterocycles. The number of allylic oxidation sites excluding steroid dienone is 1. The van der Waals surface area contributed by atoms with E-state index in [9.17, 15) is 4.79 Å². The first-order valence-corrected chi connectivity index (χ1v) is 9.67. The van der Waals surface area contributed by atoms with E-state index in [0.717, 1.165) is 36.0 Å². The second kappa shape index (κ2) is 9.40. The van der Waals surface area contributed by atoms with E-state index >= 15 is 0 Å². The highest BCUT2D eigenvalue weighted by Crippen LogP contribution is 2.23. The van der Waals surface area contributed by atoms with Crippen molar-refractivity contribution < 1.29 is 4.79 Å². The summed E-state index contributed by atoms with van der Waals surface area (Å²) in [5.41, 5.74) is 4.06. The van der Waals surface area contributed by atoms with E-state index in [-0.39, 0.29) is 12.1 Å². The Morgan fingerprint density at radius 1 is 1.11 bits per heavy atom. The lowest BCUT2D eigenvalue weighted by atomic mass is 9.92. The van der Waals surface area contributed by atoms with Crippen LogP contribution >= 0.6 is 0 Å².